The van der Waals surface area contributed by atoms with Crippen molar-refractivity contribution in [3.05, 3.63) is 35.9 Å². The summed E-state index contributed by atoms with van der Waals surface area (Å²) < 4.78 is 0. The van der Waals surface area contributed by atoms with Gasteiger partial charge in [0.2, 0.25) is 5.91 Å². The van der Waals surface area contributed by atoms with E-state index >= 15 is 0 Å². The van der Waals surface area contributed by atoms with E-state index in [1.165, 1.54) is 18.4 Å². The Morgan fingerprint density at radius 3 is 2.75 bits per heavy atom. The van der Waals surface area contributed by atoms with Crippen molar-refractivity contribution in [2.75, 3.05) is 0 Å². The lowest BCUT2D eigenvalue weighted by Gasteiger charge is -2.24. The van der Waals surface area contributed by atoms with E-state index in [4.69, 9.17) is 0 Å². The van der Waals surface area contributed by atoms with Gasteiger partial charge in [-0.2, -0.15) is 0 Å². The largest absolute Gasteiger partial charge is 0.336 e. The number of amides is 1. The number of nitrogens with zero attached hydrogens (tertiary/aromatic N) is 1. The van der Waals surface area contributed by atoms with Crippen molar-refractivity contribution in [3.8, 4) is 0 Å². The van der Waals surface area contributed by atoms with Gasteiger partial charge in [-0.05, 0) is 31.2 Å². The molecule has 1 amide bonds. The number of hydrogen-bond donors (Lipinski definition) is 0. The molecule has 0 aromatic heterocycles. The third-order valence-corrected chi connectivity index (χ3v) is 3.91. The first-order chi connectivity index (χ1) is 7.84. The van der Waals surface area contributed by atoms with Crippen molar-refractivity contribution >= 4 is 5.91 Å². The second-order valence-electron chi connectivity index (χ2n) is 4.91. The summed E-state index contributed by atoms with van der Waals surface area (Å²) in [4.78, 5) is 13.9. The molecule has 2 fully saturated rings. The molecule has 3 rings (SSSR count). The maximum absolute atomic E-state index is 11.8. The molecule has 2 saturated heterocycles. The lowest BCUT2D eigenvalue weighted by atomic mass is 10.0. The van der Waals surface area contributed by atoms with Crippen LogP contribution < -0.4 is 0 Å². The third-order valence-electron chi connectivity index (χ3n) is 3.91. The van der Waals surface area contributed by atoms with Gasteiger partial charge < -0.3 is 4.90 Å². The normalized spacial score (nSPS) is 28.5. The molecule has 0 radical (unpaired) electrons. The zero-order valence-corrected chi connectivity index (χ0v) is 9.43. The molecular weight excluding hydrogens is 198 g/mol. The molecule has 0 bridgehead atoms. The van der Waals surface area contributed by atoms with Gasteiger partial charge in [-0.1, -0.05) is 30.3 Å². The summed E-state index contributed by atoms with van der Waals surface area (Å²) in [6.45, 7) is 0. The maximum Gasteiger partial charge on any atom is 0.223 e. The Morgan fingerprint density at radius 2 is 1.94 bits per heavy atom. The molecule has 16 heavy (non-hydrogen) atoms. The lowest BCUT2D eigenvalue weighted by molar-refractivity contribution is -0.129. The van der Waals surface area contributed by atoms with Crippen LogP contribution in [0.3, 0.4) is 0 Å². The summed E-state index contributed by atoms with van der Waals surface area (Å²) in [5, 5.41) is 0. The lowest BCUT2D eigenvalue weighted by Crippen LogP contribution is -2.36. The number of carbonyl (C=O) groups excluding carboxylic acids is 1. The summed E-state index contributed by atoms with van der Waals surface area (Å²) in [5.41, 5.74) is 1.35. The predicted octanol–water partition coefficient (Wildman–Crippen LogP) is 2.38. The van der Waals surface area contributed by atoms with Crippen LogP contribution in [0.2, 0.25) is 0 Å². The molecule has 2 unspecified atom stereocenters. The first-order valence-electron chi connectivity index (χ1n) is 6.19. The summed E-state index contributed by atoms with van der Waals surface area (Å²) in [7, 11) is 0. The van der Waals surface area contributed by atoms with E-state index in [9.17, 15) is 4.79 Å². The van der Waals surface area contributed by atoms with Gasteiger partial charge >= 0.3 is 0 Å². The zero-order valence-electron chi connectivity index (χ0n) is 9.43. The number of carbonyl (C=O) groups is 1. The molecular formula is C14H17NO. The predicted molar refractivity (Wildman–Crippen MR) is 63.0 cm³/mol. The van der Waals surface area contributed by atoms with Crippen LogP contribution in [0.4, 0.5) is 0 Å². The van der Waals surface area contributed by atoms with Crippen molar-refractivity contribution in [1.82, 2.24) is 4.90 Å². The van der Waals surface area contributed by atoms with E-state index in [0.717, 1.165) is 19.3 Å². The van der Waals surface area contributed by atoms with Crippen molar-refractivity contribution in [1.29, 1.82) is 0 Å². The van der Waals surface area contributed by atoms with Gasteiger partial charge in [-0.25, -0.2) is 0 Å². The quantitative estimate of drug-likeness (QED) is 0.741. The molecule has 2 heterocycles. The number of rotatable bonds is 2. The minimum atomic E-state index is 0.378. The fourth-order valence-electron chi connectivity index (χ4n) is 3.16. The average molecular weight is 215 g/mol. The van der Waals surface area contributed by atoms with Gasteiger partial charge in [0.25, 0.3) is 0 Å². The Bertz CT molecular complexity index is 387. The van der Waals surface area contributed by atoms with Gasteiger partial charge in [0.1, 0.15) is 0 Å². The highest BCUT2D eigenvalue weighted by Gasteiger charge is 2.40. The molecule has 2 aliphatic rings. The Labute approximate surface area is 96.3 Å². The third kappa shape index (κ3) is 1.62. The van der Waals surface area contributed by atoms with Crippen LogP contribution >= 0.6 is 0 Å². The van der Waals surface area contributed by atoms with Crippen LogP contribution in [0.5, 0.6) is 0 Å². The second-order valence-corrected chi connectivity index (χ2v) is 4.91. The zero-order chi connectivity index (χ0) is 11.0. The molecule has 0 aliphatic carbocycles. The topological polar surface area (TPSA) is 20.3 Å². The first-order valence-corrected chi connectivity index (χ1v) is 6.19. The second kappa shape index (κ2) is 3.93. The molecule has 1 aromatic carbocycles. The standard InChI is InChI=1S/C14H17NO/c16-14-9-8-12-6-7-13(15(12)14)10-11-4-2-1-3-5-11/h1-5,12-13H,6-10H2. The van der Waals surface area contributed by atoms with E-state index in [-0.39, 0.29) is 0 Å². The van der Waals surface area contributed by atoms with Gasteiger partial charge in [-0.3, -0.25) is 4.79 Å². The smallest absolute Gasteiger partial charge is 0.223 e. The molecule has 2 aliphatic heterocycles. The molecule has 2 heteroatoms. The molecule has 0 spiro atoms. The van der Waals surface area contributed by atoms with Gasteiger partial charge in [0.05, 0.1) is 0 Å². The van der Waals surface area contributed by atoms with Gasteiger partial charge in [-0.15, -0.1) is 0 Å². The summed E-state index contributed by atoms with van der Waals surface area (Å²) in [6, 6.07) is 11.5. The Balaban J connectivity index is 1.74. The molecule has 0 N–H and O–H groups in total. The van der Waals surface area contributed by atoms with Gasteiger partial charge in [0.15, 0.2) is 0 Å². The highest BCUT2D eigenvalue weighted by molar-refractivity contribution is 5.79. The van der Waals surface area contributed by atoms with Crippen LogP contribution in [-0.2, 0) is 11.2 Å². The van der Waals surface area contributed by atoms with E-state index in [1.54, 1.807) is 0 Å². The number of hydrogen-bond acceptors (Lipinski definition) is 1. The van der Waals surface area contributed by atoms with Crippen molar-refractivity contribution in [2.45, 2.75) is 44.2 Å². The number of benzene rings is 1. The Morgan fingerprint density at radius 1 is 1.12 bits per heavy atom. The molecule has 2 atom stereocenters. The minimum Gasteiger partial charge on any atom is -0.336 e. The van der Waals surface area contributed by atoms with Gasteiger partial charge in [0, 0.05) is 18.5 Å². The van der Waals surface area contributed by atoms with E-state index in [2.05, 4.69) is 29.2 Å². The first kappa shape index (κ1) is 9.88. The molecule has 0 saturated carbocycles. The summed E-state index contributed by atoms with van der Waals surface area (Å²) in [6.07, 6.45) is 5.29. The van der Waals surface area contributed by atoms with E-state index < -0.39 is 0 Å². The van der Waals surface area contributed by atoms with Crippen LogP contribution in [0.15, 0.2) is 30.3 Å². The molecule has 84 valence electrons. The number of fused-ring (bicyclic) bond motifs is 1. The fourth-order valence-corrected chi connectivity index (χ4v) is 3.16. The molecule has 1 aromatic rings. The summed E-state index contributed by atoms with van der Waals surface area (Å²) in [5.74, 6) is 0.378. The maximum atomic E-state index is 11.8. The average Bonchev–Trinajstić information content (AvgIpc) is 2.86. The Kier molecular flexibility index (Phi) is 2.43. The minimum absolute atomic E-state index is 0.378. The molecule has 2 nitrogen and oxygen atoms in total. The van der Waals surface area contributed by atoms with E-state index in [0.29, 0.717) is 18.0 Å². The highest BCUT2D eigenvalue weighted by Crippen LogP contribution is 2.34. The SMILES string of the molecule is O=C1CCC2CCC(Cc3ccccc3)N12. The van der Waals surface area contributed by atoms with Crippen molar-refractivity contribution in [2.24, 2.45) is 0 Å². The Hall–Kier alpha value is -1.31. The van der Waals surface area contributed by atoms with Crippen LogP contribution in [-0.4, -0.2) is 22.9 Å². The van der Waals surface area contributed by atoms with Crippen LogP contribution in [0.1, 0.15) is 31.2 Å². The monoisotopic (exact) mass is 215 g/mol. The highest BCUT2D eigenvalue weighted by atomic mass is 16.2. The van der Waals surface area contributed by atoms with Crippen molar-refractivity contribution in [3.63, 3.8) is 0 Å². The van der Waals surface area contributed by atoms with Crippen LogP contribution in [0, 0.1) is 0 Å². The van der Waals surface area contributed by atoms with Crippen LogP contribution in [0.25, 0.3) is 0 Å². The fraction of sp³-hybridized carbons (Fsp3) is 0.500. The summed E-state index contributed by atoms with van der Waals surface area (Å²) >= 11 is 0. The van der Waals surface area contributed by atoms with E-state index in [1.807, 2.05) is 6.07 Å². The van der Waals surface area contributed by atoms with Crippen molar-refractivity contribution < 1.29 is 4.79 Å².